The first-order chi connectivity index (χ1) is 7.61. The summed E-state index contributed by atoms with van der Waals surface area (Å²) in [4.78, 5) is 22.3. The molecule has 0 aliphatic heterocycles. The third-order valence-corrected chi connectivity index (χ3v) is 2.02. The molecule has 0 spiro atoms. The Hall–Kier alpha value is -1.06. The molecule has 0 saturated heterocycles. The zero-order chi connectivity index (χ0) is 12.4. The van der Waals surface area contributed by atoms with Crippen molar-refractivity contribution in [3.63, 3.8) is 0 Å². The standard InChI is InChI=1S/C12H21O4/c1-4-9-16-12(14)10(3)7-6-8-11(13)15-5-2/h4-9H2,1-3H3. The molecular formula is C12H21O4. The average molecular weight is 229 g/mol. The van der Waals surface area contributed by atoms with E-state index in [9.17, 15) is 9.59 Å². The highest BCUT2D eigenvalue weighted by atomic mass is 16.5. The van der Waals surface area contributed by atoms with Crippen LogP contribution in [0.4, 0.5) is 0 Å². The van der Waals surface area contributed by atoms with Crippen LogP contribution in [0.25, 0.3) is 0 Å². The van der Waals surface area contributed by atoms with Gasteiger partial charge in [-0.3, -0.25) is 9.59 Å². The van der Waals surface area contributed by atoms with E-state index >= 15 is 0 Å². The minimum absolute atomic E-state index is 0.211. The van der Waals surface area contributed by atoms with Crippen molar-refractivity contribution in [1.29, 1.82) is 0 Å². The van der Waals surface area contributed by atoms with Crippen LogP contribution in [-0.4, -0.2) is 25.2 Å². The first-order valence-electron chi connectivity index (χ1n) is 5.77. The number of hydrogen-bond donors (Lipinski definition) is 0. The molecule has 0 saturated carbocycles. The summed E-state index contributed by atoms with van der Waals surface area (Å²) in [5.74, 6) is 0.195. The van der Waals surface area contributed by atoms with Crippen molar-refractivity contribution < 1.29 is 19.1 Å². The van der Waals surface area contributed by atoms with Crippen LogP contribution < -0.4 is 0 Å². The van der Waals surface area contributed by atoms with Crippen LogP contribution >= 0.6 is 0 Å². The van der Waals surface area contributed by atoms with Gasteiger partial charge in [-0.05, 0) is 33.1 Å². The summed E-state index contributed by atoms with van der Waals surface area (Å²) in [6.07, 6.45) is 2.39. The maximum absolute atomic E-state index is 11.3. The molecule has 16 heavy (non-hydrogen) atoms. The zero-order valence-electron chi connectivity index (χ0n) is 10.4. The molecular weight excluding hydrogens is 208 g/mol. The number of rotatable bonds is 8. The van der Waals surface area contributed by atoms with Gasteiger partial charge in [0.2, 0.25) is 0 Å². The SMILES string of the molecule is CCCOC(=O)[C](C)CCCC(=O)OCC. The van der Waals surface area contributed by atoms with Crippen molar-refractivity contribution >= 4 is 11.9 Å². The Labute approximate surface area is 97.3 Å². The van der Waals surface area contributed by atoms with Gasteiger partial charge in [-0.15, -0.1) is 0 Å². The van der Waals surface area contributed by atoms with Crippen LogP contribution in [0.15, 0.2) is 0 Å². The Bertz CT molecular complexity index is 213. The zero-order valence-corrected chi connectivity index (χ0v) is 10.4. The molecule has 0 fully saturated rings. The van der Waals surface area contributed by atoms with Crippen LogP contribution in [0.3, 0.4) is 0 Å². The van der Waals surface area contributed by atoms with Crippen molar-refractivity contribution in [2.75, 3.05) is 13.2 Å². The Balaban J connectivity index is 3.60. The first-order valence-corrected chi connectivity index (χ1v) is 5.77. The second kappa shape index (κ2) is 9.19. The summed E-state index contributed by atoms with van der Waals surface area (Å²) in [5.41, 5.74) is 0. The molecule has 1 radical (unpaired) electrons. The molecule has 0 aromatic rings. The van der Waals surface area contributed by atoms with Gasteiger partial charge < -0.3 is 9.47 Å². The largest absolute Gasteiger partial charge is 0.466 e. The lowest BCUT2D eigenvalue weighted by atomic mass is 10.0. The molecule has 93 valence electrons. The van der Waals surface area contributed by atoms with Crippen molar-refractivity contribution in [2.24, 2.45) is 0 Å². The van der Waals surface area contributed by atoms with Crippen LogP contribution in [0.5, 0.6) is 0 Å². The second-order valence-electron chi connectivity index (χ2n) is 3.57. The van der Waals surface area contributed by atoms with E-state index in [0.717, 1.165) is 6.42 Å². The fourth-order valence-corrected chi connectivity index (χ4v) is 1.15. The van der Waals surface area contributed by atoms with Gasteiger partial charge in [-0.1, -0.05) is 6.92 Å². The lowest BCUT2D eigenvalue weighted by Gasteiger charge is -2.09. The van der Waals surface area contributed by atoms with Gasteiger partial charge in [-0.25, -0.2) is 0 Å². The fraction of sp³-hybridized carbons (Fsp3) is 0.750. The highest BCUT2D eigenvalue weighted by molar-refractivity contribution is 5.84. The minimum Gasteiger partial charge on any atom is -0.466 e. The number of esters is 2. The maximum Gasteiger partial charge on any atom is 0.312 e. The molecule has 4 heteroatoms. The third kappa shape index (κ3) is 7.26. The van der Waals surface area contributed by atoms with Crippen molar-refractivity contribution in [3.8, 4) is 0 Å². The highest BCUT2D eigenvalue weighted by Crippen LogP contribution is 2.12. The summed E-state index contributed by atoms with van der Waals surface area (Å²) in [7, 11) is 0. The van der Waals surface area contributed by atoms with Gasteiger partial charge in [0, 0.05) is 6.42 Å². The predicted molar refractivity (Wildman–Crippen MR) is 60.7 cm³/mol. The third-order valence-electron chi connectivity index (χ3n) is 2.02. The summed E-state index contributed by atoms with van der Waals surface area (Å²) in [6, 6.07) is 0. The van der Waals surface area contributed by atoms with Crippen LogP contribution in [0, 0.1) is 5.92 Å². The van der Waals surface area contributed by atoms with Gasteiger partial charge in [0.1, 0.15) is 0 Å². The quantitative estimate of drug-likeness (QED) is 0.599. The molecule has 4 nitrogen and oxygen atoms in total. The highest BCUT2D eigenvalue weighted by Gasteiger charge is 2.15. The van der Waals surface area contributed by atoms with Gasteiger partial charge in [-0.2, -0.15) is 0 Å². The molecule has 0 aliphatic rings. The maximum atomic E-state index is 11.3. The van der Waals surface area contributed by atoms with E-state index in [0.29, 0.717) is 38.4 Å². The van der Waals surface area contributed by atoms with Crippen molar-refractivity contribution in [2.45, 2.75) is 46.5 Å². The number of carbonyl (C=O) groups is 2. The predicted octanol–water partition coefficient (Wildman–Crippen LogP) is 2.27. The topological polar surface area (TPSA) is 52.6 Å². The van der Waals surface area contributed by atoms with E-state index in [1.807, 2.05) is 6.92 Å². The molecule has 0 aromatic heterocycles. The minimum atomic E-state index is -0.259. The van der Waals surface area contributed by atoms with Crippen LogP contribution in [0.1, 0.15) is 46.5 Å². The smallest absolute Gasteiger partial charge is 0.312 e. The van der Waals surface area contributed by atoms with E-state index in [4.69, 9.17) is 9.47 Å². The number of carbonyl (C=O) groups excluding carboxylic acids is 2. The average Bonchev–Trinajstić information content (AvgIpc) is 2.26. The van der Waals surface area contributed by atoms with Crippen molar-refractivity contribution in [3.05, 3.63) is 5.92 Å². The van der Waals surface area contributed by atoms with Gasteiger partial charge in [0.15, 0.2) is 0 Å². The van der Waals surface area contributed by atoms with E-state index in [1.165, 1.54) is 0 Å². The van der Waals surface area contributed by atoms with E-state index in [-0.39, 0.29) is 11.9 Å². The Morgan fingerprint density at radius 1 is 1.06 bits per heavy atom. The molecule has 0 atom stereocenters. The summed E-state index contributed by atoms with van der Waals surface area (Å²) < 4.78 is 9.75. The van der Waals surface area contributed by atoms with Crippen molar-refractivity contribution in [1.82, 2.24) is 0 Å². The second-order valence-corrected chi connectivity index (χ2v) is 3.57. The Morgan fingerprint density at radius 2 is 1.75 bits per heavy atom. The Kier molecular flexibility index (Phi) is 8.58. The summed E-state index contributed by atoms with van der Waals surface area (Å²) >= 11 is 0. The Morgan fingerprint density at radius 3 is 2.31 bits per heavy atom. The molecule has 0 aliphatic carbocycles. The molecule has 0 unspecified atom stereocenters. The fourth-order valence-electron chi connectivity index (χ4n) is 1.15. The molecule has 0 rings (SSSR count). The first kappa shape index (κ1) is 14.9. The summed E-state index contributed by atoms with van der Waals surface area (Å²) in [6.45, 7) is 6.32. The molecule has 0 amide bonds. The molecule has 0 heterocycles. The van der Waals surface area contributed by atoms with E-state index < -0.39 is 0 Å². The van der Waals surface area contributed by atoms with Gasteiger partial charge >= 0.3 is 11.9 Å². The molecule has 0 aromatic carbocycles. The lowest BCUT2D eigenvalue weighted by Crippen LogP contribution is -2.14. The number of hydrogen-bond acceptors (Lipinski definition) is 4. The van der Waals surface area contributed by atoms with Gasteiger partial charge in [0.05, 0.1) is 19.1 Å². The number of ether oxygens (including phenoxy) is 2. The molecule has 0 bridgehead atoms. The van der Waals surface area contributed by atoms with Crippen LogP contribution in [-0.2, 0) is 19.1 Å². The lowest BCUT2D eigenvalue weighted by molar-refractivity contribution is -0.144. The van der Waals surface area contributed by atoms with Crippen LogP contribution in [0.2, 0.25) is 0 Å². The normalized spacial score (nSPS) is 10.2. The van der Waals surface area contributed by atoms with E-state index in [2.05, 4.69) is 0 Å². The summed E-state index contributed by atoms with van der Waals surface area (Å²) in [5, 5.41) is 0. The van der Waals surface area contributed by atoms with E-state index in [1.54, 1.807) is 13.8 Å². The monoisotopic (exact) mass is 229 g/mol. The molecule has 0 N–H and O–H groups in total. The van der Waals surface area contributed by atoms with Gasteiger partial charge in [0.25, 0.3) is 0 Å².